The zero-order valence-electron chi connectivity index (χ0n) is 10.4. The van der Waals surface area contributed by atoms with Gasteiger partial charge in [0.25, 0.3) is 0 Å². The molecule has 0 bridgehead atoms. The SMILES string of the molecule is CCCNC(c1cnn(C)c1)C(OC)OC. The summed E-state index contributed by atoms with van der Waals surface area (Å²) in [5.41, 5.74) is 1.07. The van der Waals surface area contributed by atoms with E-state index in [-0.39, 0.29) is 12.3 Å². The molecule has 5 nitrogen and oxygen atoms in total. The molecule has 0 saturated carbocycles. The zero-order chi connectivity index (χ0) is 12.0. The largest absolute Gasteiger partial charge is 0.354 e. The lowest BCUT2D eigenvalue weighted by atomic mass is 10.1. The highest BCUT2D eigenvalue weighted by Gasteiger charge is 2.23. The van der Waals surface area contributed by atoms with E-state index >= 15 is 0 Å². The number of hydrogen-bond acceptors (Lipinski definition) is 4. The molecule has 0 spiro atoms. The Kier molecular flexibility index (Phi) is 5.45. The number of hydrogen-bond donors (Lipinski definition) is 1. The summed E-state index contributed by atoms with van der Waals surface area (Å²) in [5, 5.41) is 7.56. The van der Waals surface area contributed by atoms with Crippen LogP contribution in [0.5, 0.6) is 0 Å². The van der Waals surface area contributed by atoms with Crippen molar-refractivity contribution in [1.82, 2.24) is 15.1 Å². The molecule has 0 radical (unpaired) electrons. The lowest BCUT2D eigenvalue weighted by molar-refractivity contribution is -0.124. The van der Waals surface area contributed by atoms with E-state index in [2.05, 4.69) is 17.3 Å². The Balaban J connectivity index is 2.77. The van der Waals surface area contributed by atoms with Crippen molar-refractivity contribution < 1.29 is 9.47 Å². The molecule has 16 heavy (non-hydrogen) atoms. The van der Waals surface area contributed by atoms with E-state index in [4.69, 9.17) is 9.47 Å². The van der Waals surface area contributed by atoms with E-state index in [0.717, 1.165) is 18.5 Å². The molecule has 0 aliphatic rings. The highest BCUT2D eigenvalue weighted by molar-refractivity contribution is 5.11. The van der Waals surface area contributed by atoms with Gasteiger partial charge in [-0.25, -0.2) is 0 Å². The van der Waals surface area contributed by atoms with Crippen molar-refractivity contribution in [2.75, 3.05) is 20.8 Å². The smallest absolute Gasteiger partial charge is 0.176 e. The second kappa shape index (κ2) is 6.62. The average Bonchev–Trinajstić information content (AvgIpc) is 2.71. The summed E-state index contributed by atoms with van der Waals surface area (Å²) in [6.07, 6.45) is 4.57. The predicted molar refractivity (Wildman–Crippen MR) is 62.0 cm³/mol. The van der Waals surface area contributed by atoms with Gasteiger partial charge >= 0.3 is 0 Å². The minimum absolute atomic E-state index is 0.0173. The Bertz CT molecular complexity index is 297. The summed E-state index contributed by atoms with van der Waals surface area (Å²) < 4.78 is 12.4. The van der Waals surface area contributed by atoms with Crippen LogP contribution < -0.4 is 5.32 Å². The molecule has 0 aromatic carbocycles. The lowest BCUT2D eigenvalue weighted by Gasteiger charge is -2.24. The lowest BCUT2D eigenvalue weighted by Crippen LogP contribution is -2.34. The van der Waals surface area contributed by atoms with Crippen LogP contribution >= 0.6 is 0 Å². The first-order chi connectivity index (χ1) is 7.72. The maximum absolute atomic E-state index is 5.30. The summed E-state index contributed by atoms with van der Waals surface area (Å²) in [6, 6.07) is 0.0173. The van der Waals surface area contributed by atoms with Crippen LogP contribution in [0, 0.1) is 0 Å². The maximum atomic E-state index is 5.30. The number of ether oxygens (including phenoxy) is 2. The Morgan fingerprint density at radius 2 is 2.12 bits per heavy atom. The Morgan fingerprint density at radius 3 is 2.56 bits per heavy atom. The van der Waals surface area contributed by atoms with E-state index in [9.17, 15) is 0 Å². The third-order valence-corrected chi connectivity index (χ3v) is 2.43. The van der Waals surface area contributed by atoms with E-state index in [1.54, 1.807) is 18.9 Å². The molecular formula is C11H21N3O2. The number of nitrogens with zero attached hydrogens (tertiary/aromatic N) is 2. The van der Waals surface area contributed by atoms with Gasteiger partial charge in [0.1, 0.15) is 0 Å². The van der Waals surface area contributed by atoms with Crippen molar-refractivity contribution in [3.8, 4) is 0 Å². The summed E-state index contributed by atoms with van der Waals surface area (Å²) in [5.74, 6) is 0. The summed E-state index contributed by atoms with van der Waals surface area (Å²) in [6.45, 7) is 3.05. The molecule has 0 amide bonds. The van der Waals surface area contributed by atoms with Crippen molar-refractivity contribution in [1.29, 1.82) is 0 Å². The van der Waals surface area contributed by atoms with E-state index in [1.807, 2.05) is 19.4 Å². The molecule has 1 heterocycles. The van der Waals surface area contributed by atoms with Gasteiger partial charge < -0.3 is 14.8 Å². The molecule has 1 rings (SSSR count). The molecule has 1 aromatic rings. The molecule has 1 aromatic heterocycles. The minimum atomic E-state index is -0.296. The number of methoxy groups -OCH3 is 2. The second-order valence-electron chi connectivity index (χ2n) is 3.72. The van der Waals surface area contributed by atoms with Crippen molar-refractivity contribution in [3.63, 3.8) is 0 Å². The topological polar surface area (TPSA) is 48.3 Å². The predicted octanol–water partition coefficient (Wildman–Crippen LogP) is 1.08. The fraction of sp³-hybridized carbons (Fsp3) is 0.727. The van der Waals surface area contributed by atoms with E-state index in [1.165, 1.54) is 0 Å². The molecular weight excluding hydrogens is 206 g/mol. The molecule has 0 fully saturated rings. The monoisotopic (exact) mass is 227 g/mol. The molecule has 1 atom stereocenters. The van der Waals surface area contributed by atoms with Gasteiger partial charge in [0, 0.05) is 33.0 Å². The zero-order valence-corrected chi connectivity index (χ0v) is 10.4. The molecule has 0 aliphatic heterocycles. The van der Waals surface area contributed by atoms with E-state index in [0.29, 0.717) is 0 Å². The molecule has 5 heteroatoms. The third-order valence-electron chi connectivity index (χ3n) is 2.43. The fourth-order valence-corrected chi connectivity index (χ4v) is 1.64. The number of nitrogens with one attached hydrogen (secondary N) is 1. The van der Waals surface area contributed by atoms with Crippen LogP contribution in [0.3, 0.4) is 0 Å². The molecule has 1 N–H and O–H groups in total. The van der Waals surface area contributed by atoms with Crippen LogP contribution in [0.25, 0.3) is 0 Å². The van der Waals surface area contributed by atoms with Crippen LogP contribution in [-0.4, -0.2) is 36.8 Å². The first-order valence-electron chi connectivity index (χ1n) is 5.50. The molecule has 92 valence electrons. The van der Waals surface area contributed by atoms with Gasteiger partial charge in [-0.2, -0.15) is 5.10 Å². The van der Waals surface area contributed by atoms with Crippen molar-refractivity contribution in [3.05, 3.63) is 18.0 Å². The van der Waals surface area contributed by atoms with Gasteiger partial charge in [-0.05, 0) is 13.0 Å². The van der Waals surface area contributed by atoms with Crippen molar-refractivity contribution >= 4 is 0 Å². The van der Waals surface area contributed by atoms with Gasteiger partial charge in [-0.15, -0.1) is 0 Å². The second-order valence-corrected chi connectivity index (χ2v) is 3.72. The quantitative estimate of drug-likeness (QED) is 0.708. The van der Waals surface area contributed by atoms with Crippen LogP contribution in [0.1, 0.15) is 24.9 Å². The number of rotatable bonds is 7. The van der Waals surface area contributed by atoms with Crippen molar-refractivity contribution in [2.45, 2.75) is 25.7 Å². The van der Waals surface area contributed by atoms with Gasteiger partial charge in [0.05, 0.1) is 12.2 Å². The van der Waals surface area contributed by atoms with Gasteiger partial charge in [-0.3, -0.25) is 4.68 Å². The third kappa shape index (κ3) is 3.30. The van der Waals surface area contributed by atoms with Gasteiger partial charge in [0.2, 0.25) is 0 Å². The molecule has 0 aliphatic carbocycles. The van der Waals surface area contributed by atoms with E-state index < -0.39 is 0 Å². The first-order valence-corrected chi connectivity index (χ1v) is 5.50. The standard InChI is InChI=1S/C11H21N3O2/c1-5-6-12-10(11(15-3)16-4)9-7-13-14(2)8-9/h7-8,10-12H,5-6H2,1-4H3. The average molecular weight is 227 g/mol. The highest BCUT2D eigenvalue weighted by atomic mass is 16.7. The van der Waals surface area contributed by atoms with Crippen LogP contribution in [0.2, 0.25) is 0 Å². The Labute approximate surface area is 96.7 Å². The number of aromatic nitrogens is 2. The van der Waals surface area contributed by atoms with Crippen LogP contribution in [-0.2, 0) is 16.5 Å². The van der Waals surface area contributed by atoms with Crippen molar-refractivity contribution in [2.24, 2.45) is 7.05 Å². The van der Waals surface area contributed by atoms with Crippen LogP contribution in [0.15, 0.2) is 12.4 Å². The normalized spacial score (nSPS) is 13.3. The van der Waals surface area contributed by atoms with Gasteiger partial charge in [0.15, 0.2) is 6.29 Å². The summed E-state index contributed by atoms with van der Waals surface area (Å²) >= 11 is 0. The minimum Gasteiger partial charge on any atom is -0.354 e. The van der Waals surface area contributed by atoms with Gasteiger partial charge in [-0.1, -0.05) is 6.92 Å². The summed E-state index contributed by atoms with van der Waals surface area (Å²) in [7, 11) is 5.19. The Hall–Kier alpha value is -0.910. The molecule has 1 unspecified atom stereocenters. The van der Waals surface area contributed by atoms with Crippen LogP contribution in [0.4, 0.5) is 0 Å². The first kappa shape index (κ1) is 13.2. The highest BCUT2D eigenvalue weighted by Crippen LogP contribution is 2.18. The number of aryl methyl sites for hydroxylation is 1. The fourth-order valence-electron chi connectivity index (χ4n) is 1.64. The Morgan fingerprint density at radius 1 is 1.44 bits per heavy atom. The summed E-state index contributed by atoms with van der Waals surface area (Å²) in [4.78, 5) is 0. The maximum Gasteiger partial charge on any atom is 0.176 e. The molecule has 0 saturated heterocycles.